The van der Waals surface area contributed by atoms with Crippen LogP contribution in [0.15, 0.2) is 24.3 Å². The van der Waals surface area contributed by atoms with E-state index >= 15 is 0 Å². The van der Waals surface area contributed by atoms with Crippen molar-refractivity contribution in [3.8, 4) is 0 Å². The molecule has 0 atom stereocenters. The fourth-order valence-corrected chi connectivity index (χ4v) is 4.24. The van der Waals surface area contributed by atoms with E-state index in [-0.39, 0.29) is 17.9 Å². The fourth-order valence-electron chi connectivity index (χ4n) is 3.49. The van der Waals surface area contributed by atoms with Gasteiger partial charge in [0, 0.05) is 25.3 Å². The van der Waals surface area contributed by atoms with Gasteiger partial charge in [0.25, 0.3) is 0 Å². The van der Waals surface area contributed by atoms with E-state index in [4.69, 9.17) is 9.47 Å². The Morgan fingerprint density at radius 3 is 2.70 bits per heavy atom. The lowest BCUT2D eigenvalue weighted by atomic mass is 9.90. The number of nitrogens with one attached hydrogen (secondary N) is 2. The summed E-state index contributed by atoms with van der Waals surface area (Å²) in [4.78, 5) is 12.2. The minimum Gasteiger partial charge on any atom is -0.348 e. The molecule has 1 aliphatic heterocycles. The largest absolute Gasteiger partial charge is 0.348 e. The fraction of sp³-hybridized carbons (Fsp3) is 0.500. The predicted molar refractivity (Wildman–Crippen MR) is 98.2 cm³/mol. The SMILES string of the molecule is O=C(Nc1nnc(Cc2ccccc2F)s1)NC1CCC2(CC1)OCCO2. The lowest BCUT2D eigenvalue weighted by Crippen LogP contribution is -2.45. The molecule has 1 aliphatic carbocycles. The molecule has 0 bridgehead atoms. The van der Waals surface area contributed by atoms with Crippen LogP contribution in [0.1, 0.15) is 36.3 Å². The Hall–Kier alpha value is -2.10. The van der Waals surface area contributed by atoms with Gasteiger partial charge in [-0.05, 0) is 24.5 Å². The van der Waals surface area contributed by atoms with E-state index in [1.807, 2.05) is 0 Å². The molecule has 2 heterocycles. The number of urea groups is 1. The number of hydrogen-bond donors (Lipinski definition) is 2. The van der Waals surface area contributed by atoms with Gasteiger partial charge in [-0.3, -0.25) is 5.32 Å². The van der Waals surface area contributed by atoms with Crippen molar-refractivity contribution in [2.75, 3.05) is 18.5 Å². The number of ether oxygens (including phenoxy) is 2. The summed E-state index contributed by atoms with van der Waals surface area (Å²) in [5.74, 6) is -0.708. The predicted octanol–water partition coefficient (Wildman–Crippen LogP) is 3.08. The standard InChI is InChI=1S/C18H21FN4O3S/c19-14-4-2-1-3-12(14)11-15-22-23-17(27-15)21-16(24)20-13-5-7-18(8-6-13)25-9-10-26-18/h1-4,13H,5-11H2,(H2,20,21,23,24). The van der Waals surface area contributed by atoms with E-state index in [9.17, 15) is 9.18 Å². The van der Waals surface area contributed by atoms with Crippen LogP contribution in [0.2, 0.25) is 0 Å². The summed E-state index contributed by atoms with van der Waals surface area (Å²) in [6.07, 6.45) is 3.52. The van der Waals surface area contributed by atoms with Crippen molar-refractivity contribution < 1.29 is 18.7 Å². The van der Waals surface area contributed by atoms with E-state index in [0.717, 1.165) is 25.7 Å². The van der Waals surface area contributed by atoms with Crippen molar-refractivity contribution in [3.63, 3.8) is 0 Å². The van der Waals surface area contributed by atoms with Crippen molar-refractivity contribution in [3.05, 3.63) is 40.7 Å². The number of nitrogens with zero attached hydrogens (tertiary/aromatic N) is 2. The Labute approximate surface area is 160 Å². The van der Waals surface area contributed by atoms with Gasteiger partial charge in [0.1, 0.15) is 10.8 Å². The van der Waals surface area contributed by atoms with Crippen molar-refractivity contribution >= 4 is 22.5 Å². The molecule has 1 spiro atoms. The molecule has 4 rings (SSSR count). The van der Waals surface area contributed by atoms with Crippen LogP contribution in [-0.4, -0.2) is 41.3 Å². The summed E-state index contributed by atoms with van der Waals surface area (Å²) < 4.78 is 25.1. The molecule has 27 heavy (non-hydrogen) atoms. The van der Waals surface area contributed by atoms with Gasteiger partial charge >= 0.3 is 6.03 Å². The number of carbonyl (C=O) groups is 1. The second-order valence-corrected chi connectivity index (χ2v) is 7.81. The van der Waals surface area contributed by atoms with Gasteiger partial charge in [-0.25, -0.2) is 9.18 Å². The first-order valence-electron chi connectivity index (χ1n) is 9.03. The van der Waals surface area contributed by atoms with Crippen molar-refractivity contribution in [2.45, 2.75) is 43.9 Å². The number of benzene rings is 1. The second kappa shape index (κ2) is 7.87. The number of aromatic nitrogens is 2. The quantitative estimate of drug-likeness (QED) is 0.835. The number of hydrogen-bond acceptors (Lipinski definition) is 6. The molecule has 9 heteroatoms. The van der Waals surface area contributed by atoms with Crippen molar-refractivity contribution in [1.29, 1.82) is 0 Å². The van der Waals surface area contributed by atoms with E-state index in [1.54, 1.807) is 18.2 Å². The molecule has 2 aliphatic rings. The van der Waals surface area contributed by atoms with Crippen LogP contribution in [0.4, 0.5) is 14.3 Å². The average molecular weight is 392 g/mol. The summed E-state index contributed by atoms with van der Waals surface area (Å²) in [6, 6.07) is 6.33. The zero-order chi connectivity index (χ0) is 18.7. The Bertz CT molecular complexity index is 799. The highest BCUT2D eigenvalue weighted by Gasteiger charge is 2.40. The van der Waals surface area contributed by atoms with Crippen LogP contribution in [0.3, 0.4) is 0 Å². The maximum Gasteiger partial charge on any atom is 0.321 e. The zero-order valence-electron chi connectivity index (χ0n) is 14.7. The normalized spacial score (nSPS) is 19.3. The summed E-state index contributed by atoms with van der Waals surface area (Å²) >= 11 is 1.24. The topological polar surface area (TPSA) is 85.4 Å². The summed E-state index contributed by atoms with van der Waals surface area (Å²) in [7, 11) is 0. The van der Waals surface area contributed by atoms with Gasteiger partial charge < -0.3 is 14.8 Å². The smallest absolute Gasteiger partial charge is 0.321 e. The molecule has 2 N–H and O–H groups in total. The van der Waals surface area contributed by atoms with E-state index in [1.165, 1.54) is 17.4 Å². The molecule has 1 saturated carbocycles. The number of amides is 2. The molecule has 2 amide bonds. The molecule has 1 aromatic carbocycles. The summed E-state index contributed by atoms with van der Waals surface area (Å²) in [5.41, 5.74) is 0.553. The Kier molecular flexibility index (Phi) is 5.33. The van der Waals surface area contributed by atoms with Gasteiger partial charge in [0.15, 0.2) is 5.79 Å². The van der Waals surface area contributed by atoms with Crippen LogP contribution in [0.25, 0.3) is 0 Å². The van der Waals surface area contributed by atoms with Crippen LogP contribution < -0.4 is 10.6 Å². The third kappa shape index (κ3) is 4.42. The maximum absolute atomic E-state index is 13.7. The minimum atomic E-state index is -0.435. The first kappa shape index (κ1) is 18.3. The lowest BCUT2D eigenvalue weighted by molar-refractivity contribution is -0.179. The van der Waals surface area contributed by atoms with E-state index in [2.05, 4.69) is 20.8 Å². The molecule has 1 aromatic heterocycles. The van der Waals surface area contributed by atoms with Crippen molar-refractivity contribution in [1.82, 2.24) is 15.5 Å². The first-order valence-corrected chi connectivity index (χ1v) is 9.85. The van der Waals surface area contributed by atoms with Gasteiger partial charge in [-0.2, -0.15) is 0 Å². The van der Waals surface area contributed by atoms with Crippen LogP contribution in [-0.2, 0) is 15.9 Å². The van der Waals surface area contributed by atoms with Gasteiger partial charge in [0.05, 0.1) is 13.2 Å². The van der Waals surface area contributed by atoms with Crippen LogP contribution >= 0.6 is 11.3 Å². The molecular weight excluding hydrogens is 371 g/mol. The maximum atomic E-state index is 13.7. The zero-order valence-corrected chi connectivity index (χ0v) is 15.6. The molecule has 144 valence electrons. The van der Waals surface area contributed by atoms with Gasteiger partial charge in [0.2, 0.25) is 5.13 Å². The highest BCUT2D eigenvalue weighted by molar-refractivity contribution is 7.15. The summed E-state index contributed by atoms with van der Waals surface area (Å²) in [6.45, 7) is 1.29. The Morgan fingerprint density at radius 1 is 1.22 bits per heavy atom. The molecule has 2 fully saturated rings. The molecule has 7 nitrogen and oxygen atoms in total. The molecule has 2 aromatic rings. The van der Waals surface area contributed by atoms with Gasteiger partial charge in [-0.15, -0.1) is 10.2 Å². The van der Waals surface area contributed by atoms with Gasteiger partial charge in [-0.1, -0.05) is 29.5 Å². The Balaban J connectivity index is 1.26. The molecular formula is C18H21FN4O3S. The average Bonchev–Trinajstić information content (AvgIpc) is 3.29. The van der Waals surface area contributed by atoms with E-state index < -0.39 is 5.79 Å². The lowest BCUT2D eigenvalue weighted by Gasteiger charge is -2.35. The first-order chi connectivity index (χ1) is 13.1. The second-order valence-electron chi connectivity index (χ2n) is 6.75. The van der Waals surface area contributed by atoms with E-state index in [0.29, 0.717) is 35.3 Å². The number of anilines is 1. The highest BCUT2D eigenvalue weighted by atomic mass is 32.1. The minimum absolute atomic E-state index is 0.0780. The highest BCUT2D eigenvalue weighted by Crippen LogP contribution is 2.35. The number of carbonyl (C=O) groups excluding carboxylic acids is 1. The monoisotopic (exact) mass is 392 g/mol. The molecule has 0 unspecified atom stereocenters. The molecule has 0 radical (unpaired) electrons. The third-order valence-electron chi connectivity index (χ3n) is 4.88. The van der Waals surface area contributed by atoms with Crippen molar-refractivity contribution in [2.24, 2.45) is 0 Å². The van der Waals surface area contributed by atoms with Crippen LogP contribution in [0.5, 0.6) is 0 Å². The number of halogens is 1. The third-order valence-corrected chi connectivity index (χ3v) is 5.72. The summed E-state index contributed by atoms with van der Waals surface area (Å²) in [5, 5.41) is 14.7. The number of rotatable bonds is 4. The molecule has 1 saturated heterocycles. The Morgan fingerprint density at radius 2 is 1.96 bits per heavy atom. The van der Waals surface area contributed by atoms with Crippen LogP contribution in [0, 0.1) is 5.82 Å².